The SMILES string of the molecule is Cc1nccc(OC2CCCN(S(=O)(=O)c3c(F)cccc3F)C2)n1. The Kier molecular flexibility index (Phi) is 4.96. The smallest absolute Gasteiger partial charge is 0.249 e. The minimum Gasteiger partial charge on any atom is -0.473 e. The molecule has 3 rings (SSSR count). The number of hydrogen-bond acceptors (Lipinski definition) is 5. The summed E-state index contributed by atoms with van der Waals surface area (Å²) in [5.41, 5.74) is 0. The van der Waals surface area contributed by atoms with Gasteiger partial charge in [0.15, 0.2) is 4.90 Å². The van der Waals surface area contributed by atoms with E-state index < -0.39 is 32.7 Å². The van der Waals surface area contributed by atoms with Gasteiger partial charge in [-0.25, -0.2) is 22.2 Å². The average Bonchev–Trinajstić information content (AvgIpc) is 2.55. The molecule has 0 amide bonds. The summed E-state index contributed by atoms with van der Waals surface area (Å²) >= 11 is 0. The molecule has 0 radical (unpaired) electrons. The lowest BCUT2D eigenvalue weighted by Crippen LogP contribution is -2.44. The zero-order valence-electron chi connectivity index (χ0n) is 13.5. The van der Waals surface area contributed by atoms with Crippen LogP contribution in [0.25, 0.3) is 0 Å². The first-order chi connectivity index (χ1) is 11.9. The van der Waals surface area contributed by atoms with E-state index in [-0.39, 0.29) is 13.1 Å². The van der Waals surface area contributed by atoms with Gasteiger partial charge in [-0.3, -0.25) is 0 Å². The van der Waals surface area contributed by atoms with Crippen molar-refractivity contribution in [2.24, 2.45) is 0 Å². The van der Waals surface area contributed by atoms with Crippen molar-refractivity contribution < 1.29 is 21.9 Å². The quantitative estimate of drug-likeness (QED) is 0.827. The van der Waals surface area contributed by atoms with Gasteiger partial charge in [0.25, 0.3) is 0 Å². The first-order valence-corrected chi connectivity index (χ1v) is 9.22. The first-order valence-electron chi connectivity index (χ1n) is 7.78. The van der Waals surface area contributed by atoms with Crippen LogP contribution < -0.4 is 4.74 Å². The van der Waals surface area contributed by atoms with Gasteiger partial charge < -0.3 is 4.74 Å². The molecule has 0 N–H and O–H groups in total. The predicted molar refractivity (Wildman–Crippen MR) is 85.5 cm³/mol. The molecule has 6 nitrogen and oxygen atoms in total. The number of benzene rings is 1. The fourth-order valence-electron chi connectivity index (χ4n) is 2.75. The summed E-state index contributed by atoms with van der Waals surface area (Å²) in [7, 11) is -4.29. The Balaban J connectivity index is 1.81. The maximum atomic E-state index is 13.9. The van der Waals surface area contributed by atoms with Gasteiger partial charge in [-0.05, 0) is 31.9 Å². The standard InChI is InChI=1S/C16H17F2N3O3S/c1-11-19-8-7-15(20-11)24-12-4-3-9-21(10-12)25(22,23)16-13(17)5-2-6-14(16)18/h2,5-8,12H,3-4,9-10H2,1H3. The minimum atomic E-state index is -4.29. The topological polar surface area (TPSA) is 72.4 Å². The normalized spacial score (nSPS) is 18.9. The number of ether oxygens (including phenoxy) is 1. The number of sulfonamides is 1. The highest BCUT2D eigenvalue weighted by atomic mass is 32.2. The molecule has 1 atom stereocenters. The van der Waals surface area contributed by atoms with Crippen molar-refractivity contribution in [1.29, 1.82) is 0 Å². The van der Waals surface area contributed by atoms with Crippen LogP contribution in [0, 0.1) is 18.6 Å². The molecule has 0 spiro atoms. The highest BCUT2D eigenvalue weighted by molar-refractivity contribution is 7.89. The van der Waals surface area contributed by atoms with Crippen LogP contribution in [0.3, 0.4) is 0 Å². The summed E-state index contributed by atoms with van der Waals surface area (Å²) in [6, 6.07) is 4.56. The molecular weight excluding hydrogens is 352 g/mol. The lowest BCUT2D eigenvalue weighted by atomic mass is 10.1. The van der Waals surface area contributed by atoms with E-state index in [1.165, 1.54) is 0 Å². The van der Waals surface area contributed by atoms with Crippen LogP contribution in [-0.4, -0.2) is 41.9 Å². The summed E-state index contributed by atoms with van der Waals surface area (Å²) in [5, 5.41) is 0. The Morgan fingerprint density at radius 2 is 1.96 bits per heavy atom. The summed E-state index contributed by atoms with van der Waals surface area (Å²) in [6.07, 6.45) is 2.23. The molecule has 2 heterocycles. The van der Waals surface area contributed by atoms with Crippen molar-refractivity contribution in [2.45, 2.75) is 30.8 Å². The average molecular weight is 369 g/mol. The van der Waals surface area contributed by atoms with Crippen LogP contribution in [0.5, 0.6) is 5.88 Å². The zero-order valence-corrected chi connectivity index (χ0v) is 14.3. The molecule has 1 fully saturated rings. The van der Waals surface area contributed by atoms with Gasteiger partial charge in [0, 0.05) is 18.8 Å². The van der Waals surface area contributed by atoms with E-state index >= 15 is 0 Å². The van der Waals surface area contributed by atoms with Gasteiger partial charge >= 0.3 is 0 Å². The molecule has 25 heavy (non-hydrogen) atoms. The third-order valence-electron chi connectivity index (χ3n) is 3.90. The highest BCUT2D eigenvalue weighted by Crippen LogP contribution is 2.26. The van der Waals surface area contributed by atoms with Crippen molar-refractivity contribution in [1.82, 2.24) is 14.3 Å². The Hall–Kier alpha value is -2.13. The lowest BCUT2D eigenvalue weighted by molar-refractivity contribution is 0.124. The number of halogens is 2. The first kappa shape index (κ1) is 17.7. The van der Waals surface area contributed by atoms with Crippen LogP contribution in [0.1, 0.15) is 18.7 Å². The van der Waals surface area contributed by atoms with Gasteiger partial charge in [-0.1, -0.05) is 6.07 Å². The molecule has 0 aliphatic carbocycles. The number of piperidine rings is 1. The Labute approximate surface area is 144 Å². The monoisotopic (exact) mass is 369 g/mol. The molecule has 0 bridgehead atoms. The van der Waals surface area contributed by atoms with Crippen molar-refractivity contribution in [3.05, 3.63) is 47.9 Å². The fraction of sp³-hybridized carbons (Fsp3) is 0.375. The molecule has 1 aromatic carbocycles. The second-order valence-electron chi connectivity index (χ2n) is 5.74. The minimum absolute atomic E-state index is 0.000835. The largest absolute Gasteiger partial charge is 0.473 e. The van der Waals surface area contributed by atoms with Gasteiger partial charge in [0.05, 0.1) is 6.54 Å². The Morgan fingerprint density at radius 1 is 1.24 bits per heavy atom. The third-order valence-corrected chi connectivity index (χ3v) is 5.81. The van der Waals surface area contributed by atoms with Crippen LogP contribution >= 0.6 is 0 Å². The van der Waals surface area contributed by atoms with Gasteiger partial charge in [0.1, 0.15) is 23.6 Å². The van der Waals surface area contributed by atoms with Crippen molar-refractivity contribution in [3.63, 3.8) is 0 Å². The molecule has 1 aromatic heterocycles. The molecule has 0 saturated carbocycles. The summed E-state index contributed by atoms with van der Waals surface area (Å²) < 4.78 is 59.8. The molecule has 1 aliphatic rings. The van der Waals surface area contributed by atoms with Gasteiger partial charge in [-0.15, -0.1) is 0 Å². The summed E-state index contributed by atoms with van der Waals surface area (Å²) in [4.78, 5) is 7.16. The number of nitrogens with zero attached hydrogens (tertiary/aromatic N) is 3. The fourth-order valence-corrected chi connectivity index (χ4v) is 4.37. The van der Waals surface area contributed by atoms with Gasteiger partial charge in [0.2, 0.25) is 15.9 Å². The van der Waals surface area contributed by atoms with Crippen LogP contribution in [0.2, 0.25) is 0 Å². The summed E-state index contributed by atoms with van der Waals surface area (Å²) in [5.74, 6) is -1.33. The number of aromatic nitrogens is 2. The number of hydrogen-bond donors (Lipinski definition) is 0. The zero-order chi connectivity index (χ0) is 18.0. The lowest BCUT2D eigenvalue weighted by Gasteiger charge is -2.31. The molecular formula is C16H17F2N3O3S. The predicted octanol–water partition coefficient (Wildman–Crippen LogP) is 2.30. The maximum absolute atomic E-state index is 13.9. The Bertz CT molecular complexity index is 856. The van der Waals surface area contributed by atoms with Gasteiger partial charge in [-0.2, -0.15) is 9.29 Å². The molecule has 1 aliphatic heterocycles. The van der Waals surface area contributed by atoms with E-state index in [0.717, 1.165) is 22.5 Å². The van der Waals surface area contributed by atoms with Crippen LogP contribution in [0.15, 0.2) is 35.4 Å². The highest BCUT2D eigenvalue weighted by Gasteiger charge is 2.35. The summed E-state index contributed by atoms with van der Waals surface area (Å²) in [6.45, 7) is 1.89. The molecule has 134 valence electrons. The third kappa shape index (κ3) is 3.77. The van der Waals surface area contributed by atoms with Crippen molar-refractivity contribution in [3.8, 4) is 5.88 Å². The number of rotatable bonds is 4. The van der Waals surface area contributed by atoms with E-state index in [4.69, 9.17) is 4.74 Å². The van der Waals surface area contributed by atoms with E-state index in [1.807, 2.05) is 0 Å². The van der Waals surface area contributed by atoms with E-state index in [2.05, 4.69) is 9.97 Å². The molecule has 1 unspecified atom stereocenters. The second-order valence-corrected chi connectivity index (χ2v) is 7.61. The maximum Gasteiger partial charge on any atom is 0.249 e. The van der Waals surface area contributed by atoms with E-state index in [0.29, 0.717) is 24.5 Å². The van der Waals surface area contributed by atoms with Crippen LogP contribution in [-0.2, 0) is 10.0 Å². The van der Waals surface area contributed by atoms with Crippen molar-refractivity contribution >= 4 is 10.0 Å². The van der Waals surface area contributed by atoms with Crippen LogP contribution in [0.4, 0.5) is 8.78 Å². The van der Waals surface area contributed by atoms with E-state index in [1.54, 1.807) is 19.2 Å². The second kappa shape index (κ2) is 7.01. The Morgan fingerprint density at radius 3 is 2.64 bits per heavy atom. The van der Waals surface area contributed by atoms with Crippen molar-refractivity contribution in [2.75, 3.05) is 13.1 Å². The molecule has 9 heteroatoms. The number of aryl methyl sites for hydroxylation is 1. The van der Waals surface area contributed by atoms with E-state index in [9.17, 15) is 17.2 Å². The molecule has 1 saturated heterocycles. The molecule has 2 aromatic rings.